The van der Waals surface area contributed by atoms with Crippen molar-refractivity contribution in [3.8, 4) is 11.1 Å². The lowest BCUT2D eigenvalue weighted by Gasteiger charge is -2.26. The van der Waals surface area contributed by atoms with Gasteiger partial charge in [-0.1, -0.05) is 191 Å². The van der Waals surface area contributed by atoms with E-state index in [0.29, 0.717) is 17.7 Å². The molecule has 2 heterocycles. The molecule has 4 aliphatic rings. The van der Waals surface area contributed by atoms with Crippen molar-refractivity contribution in [2.45, 2.75) is 86.5 Å². The number of anilines is 1. The van der Waals surface area contributed by atoms with Crippen LogP contribution < -0.4 is 4.90 Å². The van der Waals surface area contributed by atoms with Crippen molar-refractivity contribution >= 4 is 50.4 Å². The number of hydrogen-bond acceptors (Lipinski definition) is 2. The Balaban J connectivity index is 0.000000766. The number of aryl methyl sites for hydroxylation is 2. The molecule has 71 heavy (non-hydrogen) atoms. The third-order valence-corrected chi connectivity index (χ3v) is 14.6. The van der Waals surface area contributed by atoms with Gasteiger partial charge in [0.25, 0.3) is 0 Å². The monoisotopic (exact) mass is 927 g/mol. The van der Waals surface area contributed by atoms with Crippen molar-refractivity contribution in [2.24, 2.45) is 21.8 Å². The highest BCUT2D eigenvalue weighted by Crippen LogP contribution is 2.48. The van der Waals surface area contributed by atoms with Crippen LogP contribution in [0.5, 0.6) is 0 Å². The predicted octanol–water partition coefficient (Wildman–Crippen LogP) is 18.0. The lowest BCUT2D eigenvalue weighted by Crippen LogP contribution is -2.19. The first-order chi connectivity index (χ1) is 34.8. The SMILES string of the molecule is CC/C=C(/N=C(N=C(C)c1cccc(N2C3=CC=CCC3C3=C2C=CCC3)c1)c1ccc(-c2ccccc2)cc1)n1c2ccccc2c2ccc(C3=C(CCC)C=CCC3C)c(C)c21.Cc1ccccc1. The molecule has 7 aromatic rings. The first-order valence-corrected chi connectivity index (χ1v) is 25.9. The summed E-state index contributed by atoms with van der Waals surface area (Å²) in [5.74, 6) is 2.46. The molecule has 0 radical (unpaired) electrons. The fourth-order valence-electron chi connectivity index (χ4n) is 11.2. The number of hydrogen-bond donors (Lipinski definition) is 0. The van der Waals surface area contributed by atoms with Crippen LogP contribution in [0.4, 0.5) is 5.69 Å². The minimum Gasteiger partial charge on any atom is -0.314 e. The molecule has 2 unspecified atom stereocenters. The zero-order chi connectivity index (χ0) is 48.8. The maximum absolute atomic E-state index is 5.68. The second kappa shape index (κ2) is 21.2. The van der Waals surface area contributed by atoms with Crippen molar-refractivity contribution in [1.82, 2.24) is 4.57 Å². The fourth-order valence-corrected chi connectivity index (χ4v) is 11.2. The molecule has 3 aliphatic carbocycles. The van der Waals surface area contributed by atoms with Crippen LogP contribution in [-0.2, 0) is 0 Å². The topological polar surface area (TPSA) is 32.9 Å². The zero-order valence-corrected chi connectivity index (χ0v) is 42.4. The second-order valence-corrected chi connectivity index (χ2v) is 19.5. The number of benzene rings is 6. The molecule has 0 amide bonds. The van der Waals surface area contributed by atoms with Gasteiger partial charge >= 0.3 is 0 Å². The molecule has 0 fully saturated rings. The Morgan fingerprint density at radius 3 is 2.23 bits per heavy atom. The van der Waals surface area contributed by atoms with Gasteiger partial charge in [0.05, 0.1) is 11.0 Å². The van der Waals surface area contributed by atoms with E-state index in [1.807, 2.05) is 18.2 Å². The molecule has 354 valence electrons. The Morgan fingerprint density at radius 2 is 1.46 bits per heavy atom. The number of nitrogens with zero attached hydrogens (tertiary/aromatic N) is 4. The summed E-state index contributed by atoms with van der Waals surface area (Å²) in [5, 5.41) is 2.47. The summed E-state index contributed by atoms with van der Waals surface area (Å²) in [6.45, 7) is 13.4. The van der Waals surface area contributed by atoms with E-state index in [2.05, 4.69) is 227 Å². The molecule has 0 bridgehead atoms. The van der Waals surface area contributed by atoms with E-state index in [9.17, 15) is 0 Å². The van der Waals surface area contributed by atoms with E-state index < -0.39 is 0 Å². The van der Waals surface area contributed by atoms with Crippen LogP contribution in [0.2, 0.25) is 0 Å². The number of aromatic nitrogens is 1. The zero-order valence-electron chi connectivity index (χ0n) is 42.4. The Kier molecular flexibility index (Phi) is 14.1. The van der Waals surface area contributed by atoms with Crippen molar-refractivity contribution in [2.75, 3.05) is 4.90 Å². The Labute approximate surface area is 421 Å². The number of fused-ring (bicyclic) bond motifs is 5. The van der Waals surface area contributed by atoms with Gasteiger partial charge in [-0.05, 0) is 146 Å². The molecular formula is C67H66N4. The number of aliphatic imine (C=N–C) groups is 2. The van der Waals surface area contributed by atoms with E-state index in [4.69, 9.17) is 9.98 Å². The van der Waals surface area contributed by atoms with Crippen LogP contribution in [0, 0.1) is 25.7 Å². The highest BCUT2D eigenvalue weighted by molar-refractivity contribution is 6.15. The van der Waals surface area contributed by atoms with E-state index in [1.165, 1.54) is 66.8 Å². The number of para-hydroxylation sites is 1. The van der Waals surface area contributed by atoms with Crippen LogP contribution in [0.3, 0.4) is 0 Å². The third kappa shape index (κ3) is 9.56. The molecule has 6 aromatic carbocycles. The summed E-state index contributed by atoms with van der Waals surface area (Å²) in [7, 11) is 0. The summed E-state index contributed by atoms with van der Waals surface area (Å²) in [6, 6.07) is 52.1. The maximum Gasteiger partial charge on any atom is 0.161 e. The standard InChI is InChI=1S/C60H58N4.C7H8/c1-6-19-45-24-17-21-40(3)58(45)49-37-38-53-52-29-13-16-32-56(52)64(59(53)41(49)4)57(20-7-2)62-60(46-35-33-44(34-36-46)43-22-9-8-10-23-43)61-42(5)47-25-18-26-48(39-47)63-54-30-14-11-27-50(54)51-28-12-15-31-55(51)63;1-7-5-3-2-4-6-7/h8-11,13-18,20,22-26,29-40,50H,6-7,12,19,21,27-28H2,1-5H3;2-6H,1H3/b57-20-,61-42?,62-60?;. The Morgan fingerprint density at radius 1 is 0.704 bits per heavy atom. The third-order valence-electron chi connectivity index (χ3n) is 14.6. The molecule has 2 atom stereocenters. The number of allylic oxidation sites excluding steroid dienone is 11. The molecule has 1 aromatic heterocycles. The molecular weight excluding hydrogens is 861 g/mol. The van der Waals surface area contributed by atoms with Gasteiger partial charge in [0.15, 0.2) is 5.84 Å². The molecule has 0 saturated heterocycles. The van der Waals surface area contributed by atoms with E-state index in [1.54, 1.807) is 5.57 Å². The van der Waals surface area contributed by atoms with Gasteiger partial charge in [0.2, 0.25) is 0 Å². The highest BCUT2D eigenvalue weighted by atomic mass is 15.2. The minimum atomic E-state index is 0.448. The predicted molar refractivity (Wildman–Crippen MR) is 305 cm³/mol. The van der Waals surface area contributed by atoms with E-state index in [0.717, 1.165) is 78.7 Å². The first kappa shape index (κ1) is 47.1. The van der Waals surface area contributed by atoms with Crippen molar-refractivity contribution in [3.63, 3.8) is 0 Å². The Bertz CT molecular complexity index is 3380. The minimum absolute atomic E-state index is 0.448. The normalized spacial score (nSPS) is 18.0. The summed E-state index contributed by atoms with van der Waals surface area (Å²) < 4.78 is 2.42. The summed E-state index contributed by atoms with van der Waals surface area (Å²) in [5.41, 5.74) is 20.0. The van der Waals surface area contributed by atoms with E-state index >= 15 is 0 Å². The molecule has 4 heteroatoms. The van der Waals surface area contributed by atoms with Crippen molar-refractivity contribution < 1.29 is 0 Å². The summed E-state index contributed by atoms with van der Waals surface area (Å²) >= 11 is 0. The van der Waals surface area contributed by atoms with Gasteiger partial charge in [-0.2, -0.15) is 0 Å². The molecule has 0 saturated carbocycles. The molecule has 0 spiro atoms. The van der Waals surface area contributed by atoms with Gasteiger partial charge in [-0.15, -0.1) is 0 Å². The average molecular weight is 927 g/mol. The van der Waals surface area contributed by atoms with Gasteiger partial charge in [0.1, 0.15) is 5.82 Å². The summed E-state index contributed by atoms with van der Waals surface area (Å²) in [6.07, 6.45) is 25.9. The van der Waals surface area contributed by atoms with Crippen LogP contribution in [0.25, 0.3) is 44.3 Å². The largest absolute Gasteiger partial charge is 0.314 e. The molecule has 4 nitrogen and oxygen atoms in total. The van der Waals surface area contributed by atoms with Crippen molar-refractivity contribution in [1.29, 1.82) is 0 Å². The summed E-state index contributed by atoms with van der Waals surface area (Å²) in [4.78, 5) is 13.7. The maximum atomic E-state index is 5.68. The lowest BCUT2D eigenvalue weighted by atomic mass is 9.80. The quantitative estimate of drug-likeness (QED) is 0.0994. The molecule has 11 rings (SSSR count). The number of amidine groups is 1. The average Bonchev–Trinajstić information content (AvgIpc) is 3.93. The van der Waals surface area contributed by atoms with Gasteiger partial charge in [0, 0.05) is 45.0 Å². The van der Waals surface area contributed by atoms with E-state index in [-0.39, 0.29) is 0 Å². The lowest BCUT2D eigenvalue weighted by molar-refractivity contribution is 0.695. The van der Waals surface area contributed by atoms with Gasteiger partial charge in [-0.25, -0.2) is 9.98 Å². The second-order valence-electron chi connectivity index (χ2n) is 19.5. The fraction of sp³-hybridized carbons (Fsp3) is 0.224. The Hall–Kier alpha value is -7.56. The smallest absolute Gasteiger partial charge is 0.161 e. The van der Waals surface area contributed by atoms with Crippen LogP contribution in [0.15, 0.2) is 227 Å². The van der Waals surface area contributed by atoms with Gasteiger partial charge < -0.3 is 4.90 Å². The van der Waals surface area contributed by atoms with Crippen LogP contribution in [-0.4, -0.2) is 16.1 Å². The number of rotatable bonds is 10. The molecule has 0 N–H and O–H groups in total. The van der Waals surface area contributed by atoms with Crippen LogP contribution in [0.1, 0.15) is 100 Å². The molecule has 1 aliphatic heterocycles. The first-order valence-electron chi connectivity index (χ1n) is 25.9. The highest BCUT2D eigenvalue weighted by Gasteiger charge is 2.36. The van der Waals surface area contributed by atoms with Crippen LogP contribution >= 0.6 is 0 Å². The van der Waals surface area contributed by atoms with Crippen molar-refractivity contribution in [3.05, 3.63) is 245 Å². The van der Waals surface area contributed by atoms with Gasteiger partial charge in [-0.3, -0.25) is 4.57 Å².